The third-order valence-electron chi connectivity index (χ3n) is 2.79. The Labute approximate surface area is 112 Å². The molecule has 0 spiro atoms. The SMILES string of the molecule is Cn1cc(S(=O)(=O)NCCn2cccn2)cc1CN. The molecule has 3 N–H and O–H groups in total. The van der Waals surface area contributed by atoms with E-state index < -0.39 is 10.0 Å². The highest BCUT2D eigenvalue weighted by molar-refractivity contribution is 7.89. The number of nitrogens with two attached hydrogens (primary N) is 1. The summed E-state index contributed by atoms with van der Waals surface area (Å²) in [6, 6.07) is 3.37. The van der Waals surface area contributed by atoms with Crippen molar-refractivity contribution in [2.75, 3.05) is 6.54 Å². The first-order valence-electron chi connectivity index (χ1n) is 5.85. The van der Waals surface area contributed by atoms with Crippen molar-refractivity contribution in [3.05, 3.63) is 36.4 Å². The molecule has 0 aliphatic rings. The van der Waals surface area contributed by atoms with Gasteiger partial charge in [0.25, 0.3) is 0 Å². The average Bonchev–Trinajstić information content (AvgIpc) is 2.98. The summed E-state index contributed by atoms with van der Waals surface area (Å²) < 4.78 is 30.0. The number of hydrogen-bond donors (Lipinski definition) is 2. The number of nitrogens with one attached hydrogen (secondary N) is 1. The number of aryl methyl sites for hydroxylation is 1. The Kier molecular flexibility index (Phi) is 4.03. The average molecular weight is 283 g/mol. The van der Waals surface area contributed by atoms with E-state index in [4.69, 9.17) is 5.73 Å². The van der Waals surface area contributed by atoms with Crippen LogP contribution in [-0.2, 0) is 30.2 Å². The van der Waals surface area contributed by atoms with Crippen molar-refractivity contribution in [3.63, 3.8) is 0 Å². The summed E-state index contributed by atoms with van der Waals surface area (Å²) >= 11 is 0. The second-order valence-corrected chi connectivity index (χ2v) is 5.92. The van der Waals surface area contributed by atoms with Crippen molar-refractivity contribution < 1.29 is 8.42 Å². The van der Waals surface area contributed by atoms with Crippen LogP contribution in [0.15, 0.2) is 35.6 Å². The monoisotopic (exact) mass is 283 g/mol. The van der Waals surface area contributed by atoms with Gasteiger partial charge >= 0.3 is 0 Å². The van der Waals surface area contributed by atoms with Crippen LogP contribution in [0.2, 0.25) is 0 Å². The van der Waals surface area contributed by atoms with Gasteiger partial charge in [0.2, 0.25) is 10.0 Å². The zero-order chi connectivity index (χ0) is 13.9. The first-order chi connectivity index (χ1) is 9.03. The minimum Gasteiger partial charge on any atom is -0.352 e. The molecule has 0 aliphatic carbocycles. The standard InChI is InChI=1S/C11H17N5O2S/c1-15-9-11(7-10(15)8-12)19(17,18)14-4-6-16-5-2-3-13-16/h2-3,5,7,9,14H,4,6,8,12H2,1H3. The normalized spacial score (nSPS) is 11.9. The highest BCUT2D eigenvalue weighted by Crippen LogP contribution is 2.12. The predicted octanol–water partition coefficient (Wildman–Crippen LogP) is -0.341. The van der Waals surface area contributed by atoms with E-state index in [9.17, 15) is 8.42 Å². The molecule has 2 aromatic rings. The van der Waals surface area contributed by atoms with Crippen LogP contribution in [0.25, 0.3) is 0 Å². The van der Waals surface area contributed by atoms with Crippen LogP contribution in [0, 0.1) is 0 Å². The molecular weight excluding hydrogens is 266 g/mol. The highest BCUT2D eigenvalue weighted by Gasteiger charge is 2.16. The number of hydrogen-bond acceptors (Lipinski definition) is 4. The zero-order valence-electron chi connectivity index (χ0n) is 10.7. The molecule has 2 rings (SSSR count). The molecule has 7 nitrogen and oxygen atoms in total. The molecule has 0 saturated carbocycles. The summed E-state index contributed by atoms with van der Waals surface area (Å²) in [5.74, 6) is 0. The molecule has 0 amide bonds. The van der Waals surface area contributed by atoms with Crippen molar-refractivity contribution in [3.8, 4) is 0 Å². The molecule has 0 atom stereocenters. The number of rotatable bonds is 6. The van der Waals surface area contributed by atoms with Gasteiger partial charge in [0.15, 0.2) is 0 Å². The van der Waals surface area contributed by atoms with E-state index in [1.165, 1.54) is 0 Å². The lowest BCUT2D eigenvalue weighted by Crippen LogP contribution is -2.27. The fourth-order valence-electron chi connectivity index (χ4n) is 1.74. The molecule has 8 heteroatoms. The van der Waals surface area contributed by atoms with Crippen LogP contribution in [0.3, 0.4) is 0 Å². The topological polar surface area (TPSA) is 94.9 Å². The van der Waals surface area contributed by atoms with Crippen LogP contribution in [0.4, 0.5) is 0 Å². The summed E-state index contributed by atoms with van der Waals surface area (Å²) in [6.45, 7) is 1.08. The smallest absolute Gasteiger partial charge is 0.242 e. The molecule has 104 valence electrons. The Morgan fingerprint density at radius 1 is 1.47 bits per heavy atom. The summed E-state index contributed by atoms with van der Waals surface area (Å²) in [7, 11) is -1.72. The maximum Gasteiger partial charge on any atom is 0.242 e. The predicted molar refractivity (Wildman–Crippen MR) is 70.7 cm³/mol. The van der Waals surface area contributed by atoms with Crippen LogP contribution in [0.1, 0.15) is 5.69 Å². The Morgan fingerprint density at radius 2 is 2.26 bits per heavy atom. The minimum absolute atomic E-state index is 0.232. The van der Waals surface area contributed by atoms with Gasteiger partial charge in [-0.05, 0) is 12.1 Å². The van der Waals surface area contributed by atoms with Gasteiger partial charge in [-0.2, -0.15) is 5.10 Å². The highest BCUT2D eigenvalue weighted by atomic mass is 32.2. The van der Waals surface area contributed by atoms with Crippen molar-refractivity contribution >= 4 is 10.0 Å². The van der Waals surface area contributed by atoms with E-state index >= 15 is 0 Å². The molecule has 2 aromatic heterocycles. The summed E-state index contributed by atoms with van der Waals surface area (Å²) in [5, 5.41) is 4.00. The summed E-state index contributed by atoms with van der Waals surface area (Å²) in [5.41, 5.74) is 6.29. The molecule has 0 radical (unpaired) electrons. The largest absolute Gasteiger partial charge is 0.352 e. The fourth-order valence-corrected chi connectivity index (χ4v) is 2.85. The van der Waals surface area contributed by atoms with Gasteiger partial charge in [0, 0.05) is 44.4 Å². The van der Waals surface area contributed by atoms with E-state index in [2.05, 4.69) is 9.82 Å². The number of aromatic nitrogens is 3. The molecule has 0 saturated heterocycles. The lowest BCUT2D eigenvalue weighted by atomic mass is 10.4. The van der Waals surface area contributed by atoms with Gasteiger partial charge in [-0.25, -0.2) is 13.1 Å². The lowest BCUT2D eigenvalue weighted by Gasteiger charge is -2.05. The van der Waals surface area contributed by atoms with E-state index in [-0.39, 0.29) is 11.4 Å². The molecule has 0 aliphatic heterocycles. The zero-order valence-corrected chi connectivity index (χ0v) is 11.5. The molecule has 0 bridgehead atoms. The van der Waals surface area contributed by atoms with E-state index in [0.717, 1.165) is 5.69 Å². The second kappa shape index (κ2) is 5.55. The van der Waals surface area contributed by atoms with E-state index in [1.54, 1.807) is 47.0 Å². The summed E-state index contributed by atoms with van der Waals surface area (Å²) in [4.78, 5) is 0.232. The Morgan fingerprint density at radius 3 is 2.84 bits per heavy atom. The third-order valence-corrected chi connectivity index (χ3v) is 4.22. The number of sulfonamides is 1. The molecule has 0 fully saturated rings. The fraction of sp³-hybridized carbons (Fsp3) is 0.364. The van der Waals surface area contributed by atoms with Crippen molar-refractivity contribution in [2.24, 2.45) is 12.8 Å². The van der Waals surface area contributed by atoms with Crippen LogP contribution in [0.5, 0.6) is 0 Å². The molecule has 2 heterocycles. The maximum atomic E-state index is 12.0. The quantitative estimate of drug-likeness (QED) is 0.758. The van der Waals surface area contributed by atoms with Gasteiger partial charge in [-0.15, -0.1) is 0 Å². The first kappa shape index (κ1) is 13.8. The van der Waals surface area contributed by atoms with Gasteiger partial charge in [0.1, 0.15) is 0 Å². The van der Waals surface area contributed by atoms with Crippen molar-refractivity contribution in [1.82, 2.24) is 19.1 Å². The maximum absolute atomic E-state index is 12.0. The Bertz CT molecular complexity index is 630. The third kappa shape index (κ3) is 3.22. The van der Waals surface area contributed by atoms with Crippen molar-refractivity contribution in [1.29, 1.82) is 0 Å². The lowest BCUT2D eigenvalue weighted by molar-refractivity contribution is 0.561. The molecule has 19 heavy (non-hydrogen) atoms. The van der Waals surface area contributed by atoms with Gasteiger partial charge in [-0.3, -0.25) is 4.68 Å². The van der Waals surface area contributed by atoms with E-state index in [1.807, 2.05) is 0 Å². The number of nitrogens with zero attached hydrogens (tertiary/aromatic N) is 3. The van der Waals surface area contributed by atoms with Gasteiger partial charge < -0.3 is 10.3 Å². The van der Waals surface area contributed by atoms with Crippen LogP contribution < -0.4 is 10.5 Å². The molecular formula is C11H17N5O2S. The van der Waals surface area contributed by atoms with E-state index in [0.29, 0.717) is 13.1 Å². The summed E-state index contributed by atoms with van der Waals surface area (Å²) in [6.07, 6.45) is 4.99. The van der Waals surface area contributed by atoms with Crippen LogP contribution in [-0.4, -0.2) is 29.3 Å². The molecule has 0 unspecified atom stereocenters. The van der Waals surface area contributed by atoms with Crippen molar-refractivity contribution in [2.45, 2.75) is 18.0 Å². The second-order valence-electron chi connectivity index (χ2n) is 4.15. The van der Waals surface area contributed by atoms with Crippen LogP contribution >= 0.6 is 0 Å². The van der Waals surface area contributed by atoms with Gasteiger partial charge in [0.05, 0.1) is 11.4 Å². The Hall–Kier alpha value is -1.64. The first-order valence-corrected chi connectivity index (χ1v) is 7.33. The van der Waals surface area contributed by atoms with Gasteiger partial charge in [-0.1, -0.05) is 0 Å². The Balaban J connectivity index is 2.01. The minimum atomic E-state index is -3.49. The molecule has 0 aromatic carbocycles.